The second-order valence-electron chi connectivity index (χ2n) is 7.17. The number of hydrogen-bond donors (Lipinski definition) is 0. The highest BCUT2D eigenvalue weighted by Gasteiger charge is 2.50. The van der Waals surface area contributed by atoms with Crippen molar-refractivity contribution < 1.29 is 14.3 Å². The summed E-state index contributed by atoms with van der Waals surface area (Å²) in [5, 5.41) is 0.694. The minimum Gasteiger partial charge on any atom is -0.465 e. The van der Waals surface area contributed by atoms with Gasteiger partial charge in [0.25, 0.3) is 0 Å². The number of carbonyl (C=O) groups excluding carboxylic acids is 2. The highest BCUT2D eigenvalue weighted by Crippen LogP contribution is 2.46. The number of nitrogens with zero attached hydrogens (tertiary/aromatic N) is 1. The molecule has 4 nitrogen and oxygen atoms in total. The third-order valence-electron chi connectivity index (χ3n) is 5.61. The minimum atomic E-state index is -0.418. The summed E-state index contributed by atoms with van der Waals surface area (Å²) < 4.78 is 4.90. The Morgan fingerprint density at radius 3 is 2.69 bits per heavy atom. The molecule has 1 fully saturated rings. The van der Waals surface area contributed by atoms with E-state index < -0.39 is 5.41 Å². The van der Waals surface area contributed by atoms with Crippen LogP contribution in [0.5, 0.6) is 0 Å². The van der Waals surface area contributed by atoms with Crippen LogP contribution in [-0.4, -0.2) is 30.4 Å². The fourth-order valence-electron chi connectivity index (χ4n) is 4.26. The Morgan fingerprint density at radius 2 is 1.96 bits per heavy atom. The molecule has 2 aromatic rings. The first kappa shape index (κ1) is 17.1. The zero-order valence-electron chi connectivity index (χ0n) is 14.6. The number of amides is 1. The van der Waals surface area contributed by atoms with Crippen molar-refractivity contribution in [2.24, 2.45) is 5.41 Å². The zero-order valence-corrected chi connectivity index (χ0v) is 15.4. The summed E-state index contributed by atoms with van der Waals surface area (Å²) >= 11 is 5.94. The maximum absolute atomic E-state index is 13.2. The molecular weight excluding hydrogens is 350 g/mol. The van der Waals surface area contributed by atoms with E-state index in [-0.39, 0.29) is 11.9 Å². The molecule has 0 saturated carbocycles. The van der Waals surface area contributed by atoms with Gasteiger partial charge in [-0.2, -0.15) is 0 Å². The maximum Gasteiger partial charge on any atom is 0.338 e. The maximum atomic E-state index is 13.2. The Kier molecular flexibility index (Phi) is 4.23. The van der Waals surface area contributed by atoms with Gasteiger partial charge in [0.15, 0.2) is 0 Å². The van der Waals surface area contributed by atoms with Gasteiger partial charge >= 0.3 is 5.97 Å². The summed E-state index contributed by atoms with van der Waals surface area (Å²) in [6.45, 7) is 1.33. The number of rotatable bonds is 3. The van der Waals surface area contributed by atoms with E-state index in [0.717, 1.165) is 29.7 Å². The van der Waals surface area contributed by atoms with Crippen LogP contribution in [0.25, 0.3) is 0 Å². The predicted molar refractivity (Wildman–Crippen MR) is 99.1 cm³/mol. The monoisotopic (exact) mass is 369 g/mol. The Bertz CT molecular complexity index is 877. The SMILES string of the molecule is COC(=O)c1cccc2c1CC1(CCN(Cc3ccc(Cl)cc3)C1=O)C2. The number of likely N-dealkylation sites (tertiary alicyclic amines) is 1. The molecule has 0 radical (unpaired) electrons. The second kappa shape index (κ2) is 6.44. The zero-order chi connectivity index (χ0) is 18.3. The largest absolute Gasteiger partial charge is 0.465 e. The average molecular weight is 370 g/mol. The highest BCUT2D eigenvalue weighted by atomic mass is 35.5. The Balaban J connectivity index is 1.56. The van der Waals surface area contributed by atoms with Crippen LogP contribution in [0.1, 0.15) is 33.5 Å². The van der Waals surface area contributed by atoms with Gasteiger partial charge in [0.2, 0.25) is 5.91 Å². The first-order chi connectivity index (χ1) is 12.5. The number of hydrogen-bond acceptors (Lipinski definition) is 3. The molecular formula is C21H20ClNO3. The van der Waals surface area contributed by atoms with Crippen LogP contribution < -0.4 is 0 Å². The number of esters is 1. The Labute approximate surface area is 157 Å². The number of benzene rings is 2. The lowest BCUT2D eigenvalue weighted by Crippen LogP contribution is -2.35. The van der Waals surface area contributed by atoms with Gasteiger partial charge in [-0.05, 0) is 54.2 Å². The molecule has 1 heterocycles. The van der Waals surface area contributed by atoms with E-state index in [1.54, 1.807) is 6.07 Å². The average Bonchev–Trinajstić information content (AvgIpc) is 3.18. The van der Waals surface area contributed by atoms with Gasteiger partial charge < -0.3 is 9.64 Å². The molecule has 1 saturated heterocycles. The molecule has 2 aliphatic rings. The molecule has 0 bridgehead atoms. The van der Waals surface area contributed by atoms with Gasteiger partial charge in [0, 0.05) is 18.1 Å². The lowest BCUT2D eigenvalue weighted by molar-refractivity contribution is -0.136. The molecule has 1 aliphatic carbocycles. The van der Waals surface area contributed by atoms with Crippen LogP contribution in [0.4, 0.5) is 0 Å². The molecule has 1 atom stereocenters. The van der Waals surface area contributed by atoms with Crippen molar-refractivity contribution >= 4 is 23.5 Å². The fourth-order valence-corrected chi connectivity index (χ4v) is 4.38. The molecule has 1 unspecified atom stereocenters. The van der Waals surface area contributed by atoms with Crippen LogP contribution in [-0.2, 0) is 28.9 Å². The van der Waals surface area contributed by atoms with E-state index in [9.17, 15) is 9.59 Å². The van der Waals surface area contributed by atoms with E-state index >= 15 is 0 Å². The molecule has 134 valence electrons. The third-order valence-corrected chi connectivity index (χ3v) is 5.86. The minimum absolute atomic E-state index is 0.180. The number of halogens is 1. The van der Waals surface area contributed by atoms with Crippen molar-refractivity contribution in [3.05, 3.63) is 69.7 Å². The van der Waals surface area contributed by atoms with Gasteiger partial charge in [0.1, 0.15) is 0 Å². The molecule has 1 aliphatic heterocycles. The molecule has 0 aromatic heterocycles. The summed E-state index contributed by atoms with van der Waals surface area (Å²) in [5.41, 5.74) is 3.31. The first-order valence-electron chi connectivity index (χ1n) is 8.75. The lowest BCUT2D eigenvalue weighted by atomic mass is 9.83. The van der Waals surface area contributed by atoms with Crippen LogP contribution in [0.2, 0.25) is 5.02 Å². The van der Waals surface area contributed by atoms with Crippen LogP contribution >= 0.6 is 11.6 Å². The van der Waals surface area contributed by atoms with Crippen molar-refractivity contribution in [1.29, 1.82) is 0 Å². The fraction of sp³-hybridized carbons (Fsp3) is 0.333. The first-order valence-corrected chi connectivity index (χ1v) is 9.13. The summed E-state index contributed by atoms with van der Waals surface area (Å²) in [4.78, 5) is 27.2. The quantitative estimate of drug-likeness (QED) is 0.776. The smallest absolute Gasteiger partial charge is 0.338 e. The number of methoxy groups -OCH3 is 1. The van der Waals surface area contributed by atoms with Crippen molar-refractivity contribution in [2.45, 2.75) is 25.8 Å². The van der Waals surface area contributed by atoms with Gasteiger partial charge in [-0.3, -0.25) is 4.79 Å². The summed E-state index contributed by atoms with van der Waals surface area (Å²) in [5.74, 6) is -0.151. The molecule has 4 rings (SSSR count). The van der Waals surface area contributed by atoms with Crippen LogP contribution in [0, 0.1) is 5.41 Å². The van der Waals surface area contributed by atoms with E-state index in [2.05, 4.69) is 0 Å². The van der Waals surface area contributed by atoms with Crippen LogP contribution in [0.3, 0.4) is 0 Å². The van der Waals surface area contributed by atoms with E-state index in [1.807, 2.05) is 41.3 Å². The Morgan fingerprint density at radius 1 is 1.19 bits per heavy atom. The second-order valence-corrected chi connectivity index (χ2v) is 7.61. The lowest BCUT2D eigenvalue weighted by Gasteiger charge is -2.23. The number of carbonyl (C=O) groups is 2. The van der Waals surface area contributed by atoms with Crippen molar-refractivity contribution in [3.63, 3.8) is 0 Å². The van der Waals surface area contributed by atoms with Gasteiger partial charge in [0.05, 0.1) is 18.1 Å². The molecule has 1 spiro atoms. The standard InChI is InChI=1S/C21H20ClNO3/c1-26-19(24)17-4-2-3-15-11-21(12-18(15)17)9-10-23(20(21)25)13-14-5-7-16(22)8-6-14/h2-8H,9-13H2,1H3. The van der Waals surface area contributed by atoms with Crippen molar-refractivity contribution in [3.8, 4) is 0 Å². The molecule has 26 heavy (non-hydrogen) atoms. The summed E-state index contributed by atoms with van der Waals surface area (Å²) in [7, 11) is 1.39. The number of fused-ring (bicyclic) bond motifs is 1. The normalized spacial score (nSPS) is 21.3. The van der Waals surface area contributed by atoms with Gasteiger partial charge in [-0.15, -0.1) is 0 Å². The highest BCUT2D eigenvalue weighted by molar-refractivity contribution is 6.30. The van der Waals surface area contributed by atoms with Gasteiger partial charge in [-0.25, -0.2) is 4.79 Å². The van der Waals surface area contributed by atoms with Crippen LogP contribution in [0.15, 0.2) is 42.5 Å². The predicted octanol–water partition coefficient (Wildman–Crippen LogP) is 3.64. The number of ether oxygens (including phenoxy) is 1. The van der Waals surface area contributed by atoms with E-state index in [0.29, 0.717) is 30.0 Å². The molecule has 1 amide bonds. The van der Waals surface area contributed by atoms with Crippen molar-refractivity contribution in [2.75, 3.05) is 13.7 Å². The third kappa shape index (κ3) is 2.78. The van der Waals surface area contributed by atoms with Crippen molar-refractivity contribution in [1.82, 2.24) is 4.90 Å². The molecule has 0 N–H and O–H groups in total. The summed E-state index contributed by atoms with van der Waals surface area (Å²) in [6.07, 6.45) is 2.13. The molecule has 5 heteroatoms. The topological polar surface area (TPSA) is 46.6 Å². The van der Waals surface area contributed by atoms with E-state index in [4.69, 9.17) is 16.3 Å². The molecule has 2 aromatic carbocycles. The summed E-state index contributed by atoms with van der Waals surface area (Å²) in [6, 6.07) is 13.3. The van der Waals surface area contributed by atoms with Gasteiger partial charge in [-0.1, -0.05) is 35.9 Å². The van der Waals surface area contributed by atoms with E-state index in [1.165, 1.54) is 7.11 Å². The Hall–Kier alpha value is -2.33.